The molecule has 5 heteroatoms. The van der Waals surface area contributed by atoms with E-state index in [2.05, 4.69) is 21.7 Å². The minimum absolute atomic E-state index is 0.00373. The summed E-state index contributed by atoms with van der Waals surface area (Å²) in [5.41, 5.74) is 1.76. The smallest absolute Gasteiger partial charge is 0.251 e. The Kier molecular flexibility index (Phi) is 4.94. The summed E-state index contributed by atoms with van der Waals surface area (Å²) in [6.07, 6.45) is 8.70. The summed E-state index contributed by atoms with van der Waals surface area (Å²) < 4.78 is 0. The van der Waals surface area contributed by atoms with E-state index >= 15 is 0 Å². The second-order valence-electron chi connectivity index (χ2n) is 7.76. The summed E-state index contributed by atoms with van der Waals surface area (Å²) in [6, 6.07) is 10.3. The monoisotopic (exact) mass is 350 g/mol. The van der Waals surface area contributed by atoms with E-state index in [1.165, 1.54) is 6.42 Å². The van der Waals surface area contributed by atoms with Crippen LogP contribution in [0.2, 0.25) is 0 Å². The number of fused-ring (bicyclic) bond motifs is 1. The number of rotatable bonds is 6. The maximum Gasteiger partial charge on any atom is 0.251 e. The Morgan fingerprint density at radius 2 is 2.08 bits per heavy atom. The summed E-state index contributed by atoms with van der Waals surface area (Å²) >= 11 is 0. The molecular weight excluding hydrogens is 324 g/mol. The molecule has 0 aliphatic heterocycles. The first-order valence-corrected chi connectivity index (χ1v) is 9.75. The highest BCUT2D eigenvalue weighted by Gasteiger charge is 2.33. The second kappa shape index (κ2) is 7.51. The molecule has 2 aliphatic carbocycles. The zero-order valence-corrected chi connectivity index (χ0v) is 15.0. The third-order valence-corrected chi connectivity index (χ3v) is 5.87. The van der Waals surface area contributed by atoms with Gasteiger partial charge in [0, 0.05) is 35.2 Å². The van der Waals surface area contributed by atoms with Crippen molar-refractivity contribution in [3.63, 3.8) is 0 Å². The van der Waals surface area contributed by atoms with E-state index in [4.69, 9.17) is 0 Å². The average Bonchev–Trinajstić information content (AvgIpc) is 3.39. The number of carbonyl (C=O) groups is 1. The van der Waals surface area contributed by atoms with E-state index in [0.717, 1.165) is 49.6 Å². The van der Waals surface area contributed by atoms with Crippen LogP contribution in [0.4, 0.5) is 0 Å². The average molecular weight is 350 g/mol. The van der Waals surface area contributed by atoms with Crippen molar-refractivity contribution in [3.8, 4) is 6.07 Å². The summed E-state index contributed by atoms with van der Waals surface area (Å²) in [5, 5.41) is 17.1. The molecule has 0 spiro atoms. The number of benzene rings is 1. The minimum Gasteiger partial charge on any atom is -0.361 e. The van der Waals surface area contributed by atoms with E-state index < -0.39 is 0 Å². The van der Waals surface area contributed by atoms with E-state index in [0.29, 0.717) is 17.4 Å². The van der Waals surface area contributed by atoms with Crippen LogP contribution in [0.3, 0.4) is 0 Å². The van der Waals surface area contributed by atoms with Crippen molar-refractivity contribution in [2.24, 2.45) is 11.8 Å². The zero-order chi connectivity index (χ0) is 17.9. The molecule has 0 bridgehead atoms. The fourth-order valence-electron chi connectivity index (χ4n) is 4.11. The lowest BCUT2D eigenvalue weighted by Gasteiger charge is -2.33. The standard InChI is InChI=1S/C21H26N4O/c22-12-20(14-5-6-14)24-13-17-3-1-2-4-19(17)25-21(26)16-7-8-18-15(11-16)9-10-23-18/h7-11,14,17,19-20,23-24H,1-6,13H2,(H,25,26)/t17-,19+,20?/m1/s1. The first-order chi connectivity index (χ1) is 12.7. The molecule has 0 saturated heterocycles. The van der Waals surface area contributed by atoms with E-state index in [-0.39, 0.29) is 18.0 Å². The molecule has 136 valence electrons. The Labute approximate surface area is 154 Å². The highest BCUT2D eigenvalue weighted by Crippen LogP contribution is 2.33. The van der Waals surface area contributed by atoms with Crippen molar-refractivity contribution < 1.29 is 4.79 Å². The third-order valence-electron chi connectivity index (χ3n) is 5.87. The summed E-state index contributed by atoms with van der Waals surface area (Å²) in [6.45, 7) is 0.816. The van der Waals surface area contributed by atoms with E-state index in [1.54, 1.807) is 0 Å². The van der Waals surface area contributed by atoms with Crippen LogP contribution in [-0.4, -0.2) is 29.5 Å². The number of hydrogen-bond acceptors (Lipinski definition) is 3. The molecule has 3 atom stereocenters. The van der Waals surface area contributed by atoms with Gasteiger partial charge in [-0.1, -0.05) is 12.8 Å². The molecule has 0 radical (unpaired) electrons. The Morgan fingerprint density at radius 3 is 2.88 bits per heavy atom. The van der Waals surface area contributed by atoms with Crippen molar-refractivity contribution in [1.82, 2.24) is 15.6 Å². The van der Waals surface area contributed by atoms with Crippen molar-refractivity contribution in [2.75, 3.05) is 6.54 Å². The molecule has 26 heavy (non-hydrogen) atoms. The molecule has 5 nitrogen and oxygen atoms in total. The largest absolute Gasteiger partial charge is 0.361 e. The number of aromatic amines is 1. The van der Waals surface area contributed by atoms with E-state index in [9.17, 15) is 10.1 Å². The Bertz CT molecular complexity index is 817. The lowest BCUT2D eigenvalue weighted by molar-refractivity contribution is 0.0905. The number of H-pyrrole nitrogens is 1. The number of nitrogens with one attached hydrogen (secondary N) is 3. The molecular formula is C21H26N4O. The van der Waals surface area contributed by atoms with Crippen LogP contribution >= 0.6 is 0 Å². The van der Waals surface area contributed by atoms with Gasteiger partial charge in [-0.3, -0.25) is 4.79 Å². The fourth-order valence-corrected chi connectivity index (χ4v) is 4.11. The van der Waals surface area contributed by atoms with Crippen LogP contribution in [0, 0.1) is 23.2 Å². The lowest BCUT2D eigenvalue weighted by atomic mass is 9.84. The summed E-state index contributed by atoms with van der Waals surface area (Å²) in [7, 11) is 0. The molecule has 1 heterocycles. The topological polar surface area (TPSA) is 80.7 Å². The Balaban J connectivity index is 1.39. The number of nitrogens with zero attached hydrogens (tertiary/aromatic N) is 1. The Morgan fingerprint density at radius 1 is 1.23 bits per heavy atom. The molecule has 1 aromatic carbocycles. The predicted octanol–water partition coefficient (Wildman–Crippen LogP) is 3.35. The maximum atomic E-state index is 12.7. The normalized spacial score (nSPS) is 24.1. The molecule has 2 fully saturated rings. The van der Waals surface area contributed by atoms with Gasteiger partial charge in [-0.2, -0.15) is 5.26 Å². The van der Waals surface area contributed by atoms with Gasteiger partial charge in [0.15, 0.2) is 0 Å². The van der Waals surface area contributed by atoms with Crippen LogP contribution in [0.1, 0.15) is 48.9 Å². The number of aromatic nitrogens is 1. The predicted molar refractivity (Wildman–Crippen MR) is 102 cm³/mol. The molecule has 2 saturated carbocycles. The highest BCUT2D eigenvalue weighted by molar-refractivity contribution is 5.98. The molecule has 1 aromatic heterocycles. The maximum absolute atomic E-state index is 12.7. The number of carbonyl (C=O) groups excluding carboxylic acids is 1. The zero-order valence-electron chi connectivity index (χ0n) is 15.0. The Hall–Kier alpha value is -2.32. The van der Waals surface area contributed by atoms with Gasteiger partial charge >= 0.3 is 0 Å². The third kappa shape index (κ3) is 3.76. The lowest BCUT2D eigenvalue weighted by Crippen LogP contribution is -2.47. The first-order valence-electron chi connectivity index (χ1n) is 9.75. The van der Waals surface area contributed by atoms with Crippen molar-refractivity contribution >= 4 is 16.8 Å². The van der Waals surface area contributed by atoms with Gasteiger partial charge in [0.25, 0.3) is 5.91 Å². The van der Waals surface area contributed by atoms with Gasteiger partial charge in [0.2, 0.25) is 0 Å². The SMILES string of the molecule is N#CC(NC[C@H]1CCCC[C@@H]1NC(=O)c1ccc2[nH]ccc2c1)C1CC1. The van der Waals surface area contributed by atoms with E-state index in [1.807, 2.05) is 30.5 Å². The van der Waals surface area contributed by atoms with Crippen molar-refractivity contribution in [1.29, 1.82) is 5.26 Å². The number of hydrogen-bond donors (Lipinski definition) is 3. The van der Waals surface area contributed by atoms with Crippen molar-refractivity contribution in [3.05, 3.63) is 36.0 Å². The molecule has 1 amide bonds. The molecule has 4 rings (SSSR count). The van der Waals surface area contributed by atoms with Crippen LogP contribution in [-0.2, 0) is 0 Å². The van der Waals surface area contributed by atoms with Crippen LogP contribution < -0.4 is 10.6 Å². The van der Waals surface area contributed by atoms with Gasteiger partial charge in [0.1, 0.15) is 0 Å². The van der Waals surface area contributed by atoms with Gasteiger partial charge in [0.05, 0.1) is 12.1 Å². The molecule has 3 N–H and O–H groups in total. The number of nitriles is 1. The minimum atomic E-state index is -0.0238. The first kappa shape index (κ1) is 17.1. The number of amides is 1. The van der Waals surface area contributed by atoms with Gasteiger partial charge in [-0.05, 0) is 61.8 Å². The fraction of sp³-hybridized carbons (Fsp3) is 0.524. The highest BCUT2D eigenvalue weighted by atomic mass is 16.1. The van der Waals surface area contributed by atoms with Gasteiger partial charge in [-0.15, -0.1) is 0 Å². The summed E-state index contributed by atoms with van der Waals surface area (Å²) in [5.74, 6) is 0.937. The molecule has 1 unspecified atom stereocenters. The van der Waals surface area contributed by atoms with Crippen LogP contribution in [0.25, 0.3) is 10.9 Å². The molecule has 2 aromatic rings. The molecule has 2 aliphatic rings. The van der Waals surface area contributed by atoms with Crippen LogP contribution in [0.15, 0.2) is 30.5 Å². The van der Waals surface area contributed by atoms with Crippen LogP contribution in [0.5, 0.6) is 0 Å². The quantitative estimate of drug-likeness (QED) is 0.747. The van der Waals surface area contributed by atoms with Crippen molar-refractivity contribution in [2.45, 2.75) is 50.6 Å². The van der Waals surface area contributed by atoms with Gasteiger partial charge < -0.3 is 15.6 Å². The van der Waals surface area contributed by atoms with Gasteiger partial charge in [-0.25, -0.2) is 0 Å². The summed E-state index contributed by atoms with van der Waals surface area (Å²) in [4.78, 5) is 15.9. The second-order valence-corrected chi connectivity index (χ2v) is 7.76.